The van der Waals surface area contributed by atoms with Crippen LogP contribution in [0.3, 0.4) is 0 Å². The van der Waals surface area contributed by atoms with Gasteiger partial charge in [0.15, 0.2) is 0 Å². The molecule has 0 amide bonds. The van der Waals surface area contributed by atoms with E-state index in [9.17, 15) is 24.0 Å². The fourth-order valence-electron chi connectivity index (χ4n) is 3.50. The number of methoxy groups -OCH3 is 1. The van der Waals surface area contributed by atoms with Crippen LogP contribution < -0.4 is 16.0 Å². The molecule has 176 valence electrons. The lowest BCUT2D eigenvalue weighted by Gasteiger charge is -2.18. The first-order valence-corrected chi connectivity index (χ1v) is 10.1. The van der Waals surface area contributed by atoms with Crippen LogP contribution in [0.2, 0.25) is 0 Å². The van der Waals surface area contributed by atoms with Gasteiger partial charge in [-0.05, 0) is 31.2 Å². The van der Waals surface area contributed by atoms with E-state index >= 15 is 0 Å². The summed E-state index contributed by atoms with van der Waals surface area (Å²) in [6.07, 6.45) is -1.24. The van der Waals surface area contributed by atoms with Crippen molar-refractivity contribution in [1.82, 2.24) is 9.13 Å². The van der Waals surface area contributed by atoms with Gasteiger partial charge in [-0.1, -0.05) is 0 Å². The molecular weight excluding hydrogens is 436 g/mol. The Bertz CT molecular complexity index is 1180. The molecule has 0 bridgehead atoms. The topological polar surface area (TPSA) is 132 Å². The maximum atomic E-state index is 13.2. The SMILES string of the molecule is COc1ccc(C(=O)n2c(=O)c(C)cn([C@@H]3C[C@@H](OC(C)=O)[C@@H](COC(C)=O)O3)c2=O)cc1. The number of hydrogen-bond donors (Lipinski definition) is 0. The largest absolute Gasteiger partial charge is 0.497 e. The highest BCUT2D eigenvalue weighted by atomic mass is 16.6. The summed E-state index contributed by atoms with van der Waals surface area (Å²) in [5.74, 6) is -1.41. The van der Waals surface area contributed by atoms with Gasteiger partial charge in [0.2, 0.25) is 0 Å². The van der Waals surface area contributed by atoms with Crippen molar-refractivity contribution >= 4 is 17.8 Å². The Kier molecular flexibility index (Phi) is 7.12. The van der Waals surface area contributed by atoms with E-state index in [0.29, 0.717) is 10.3 Å². The standard InChI is InChI=1S/C22H24N2O9/c1-12-10-23(19-9-17(32-14(3)26)18(33-19)11-31-13(2)25)22(29)24(20(12)27)21(28)15-5-7-16(30-4)8-6-15/h5-8,10,17-19H,9,11H2,1-4H3/t17-,18-,19+/m1/s1. The zero-order valence-electron chi connectivity index (χ0n) is 18.6. The molecule has 3 atom stereocenters. The van der Waals surface area contributed by atoms with Crippen molar-refractivity contribution in [2.75, 3.05) is 13.7 Å². The Morgan fingerprint density at radius 3 is 2.33 bits per heavy atom. The Morgan fingerprint density at radius 2 is 1.76 bits per heavy atom. The molecule has 1 aromatic carbocycles. The number of carbonyl (C=O) groups is 3. The average Bonchev–Trinajstić information content (AvgIpc) is 3.16. The minimum atomic E-state index is -0.961. The molecule has 0 N–H and O–H groups in total. The van der Waals surface area contributed by atoms with Gasteiger partial charge >= 0.3 is 17.6 Å². The third-order valence-electron chi connectivity index (χ3n) is 5.08. The van der Waals surface area contributed by atoms with Crippen LogP contribution in [0.4, 0.5) is 0 Å². The summed E-state index contributed by atoms with van der Waals surface area (Å²) >= 11 is 0. The third-order valence-corrected chi connectivity index (χ3v) is 5.08. The van der Waals surface area contributed by atoms with Gasteiger partial charge in [0.25, 0.3) is 11.5 Å². The predicted molar refractivity (Wildman–Crippen MR) is 113 cm³/mol. The second-order valence-corrected chi connectivity index (χ2v) is 7.49. The van der Waals surface area contributed by atoms with Crippen molar-refractivity contribution in [1.29, 1.82) is 0 Å². The quantitative estimate of drug-likeness (QED) is 0.574. The van der Waals surface area contributed by atoms with Crippen molar-refractivity contribution in [2.45, 2.75) is 45.6 Å². The molecule has 0 radical (unpaired) electrons. The second-order valence-electron chi connectivity index (χ2n) is 7.49. The zero-order chi connectivity index (χ0) is 24.3. The molecule has 2 heterocycles. The molecule has 0 saturated carbocycles. The van der Waals surface area contributed by atoms with E-state index in [1.807, 2.05) is 0 Å². The molecule has 3 rings (SSSR count). The van der Waals surface area contributed by atoms with Crippen LogP contribution in [-0.4, -0.2) is 52.9 Å². The molecule has 1 aliphatic rings. The highest BCUT2D eigenvalue weighted by Crippen LogP contribution is 2.30. The molecule has 11 nitrogen and oxygen atoms in total. The minimum Gasteiger partial charge on any atom is -0.497 e. The number of aryl methyl sites for hydroxylation is 1. The highest BCUT2D eigenvalue weighted by molar-refractivity contribution is 5.95. The first-order valence-electron chi connectivity index (χ1n) is 10.1. The first kappa shape index (κ1) is 23.9. The van der Waals surface area contributed by atoms with E-state index < -0.39 is 47.5 Å². The molecule has 33 heavy (non-hydrogen) atoms. The normalized spacial score (nSPS) is 19.7. The van der Waals surface area contributed by atoms with Crippen molar-refractivity contribution < 1.29 is 33.3 Å². The molecule has 1 fully saturated rings. The number of rotatable bonds is 6. The Balaban J connectivity index is 1.98. The molecular formula is C22H24N2O9. The summed E-state index contributed by atoms with van der Waals surface area (Å²) in [4.78, 5) is 61.5. The van der Waals surface area contributed by atoms with E-state index in [2.05, 4.69) is 0 Å². The summed E-state index contributed by atoms with van der Waals surface area (Å²) in [5.41, 5.74) is -1.42. The van der Waals surface area contributed by atoms with E-state index in [1.54, 1.807) is 0 Å². The number of aromatic nitrogens is 2. The summed E-state index contributed by atoms with van der Waals surface area (Å²) in [5, 5.41) is 0. The number of benzene rings is 1. The van der Waals surface area contributed by atoms with Crippen molar-refractivity contribution in [3.8, 4) is 5.75 Å². The average molecular weight is 460 g/mol. The van der Waals surface area contributed by atoms with Gasteiger partial charge in [0, 0.05) is 37.6 Å². The minimum absolute atomic E-state index is 0.0553. The molecule has 0 spiro atoms. The van der Waals surface area contributed by atoms with Crippen LogP contribution in [0.25, 0.3) is 0 Å². The number of ether oxygens (including phenoxy) is 4. The lowest BCUT2D eigenvalue weighted by molar-refractivity contribution is -0.155. The second kappa shape index (κ2) is 9.82. The van der Waals surface area contributed by atoms with Crippen LogP contribution in [0.1, 0.15) is 42.4 Å². The smallest absolute Gasteiger partial charge is 0.340 e. The molecule has 1 saturated heterocycles. The molecule has 0 aliphatic carbocycles. The Hall–Kier alpha value is -3.73. The Labute approximate surface area is 188 Å². The van der Waals surface area contributed by atoms with Crippen LogP contribution in [0.5, 0.6) is 5.75 Å². The van der Waals surface area contributed by atoms with E-state index in [0.717, 1.165) is 4.57 Å². The first-order chi connectivity index (χ1) is 15.6. The molecule has 2 aromatic rings. The lowest BCUT2D eigenvalue weighted by Crippen LogP contribution is -2.45. The van der Waals surface area contributed by atoms with Gasteiger partial charge in [-0.2, -0.15) is 4.57 Å². The molecule has 0 unspecified atom stereocenters. The molecule has 11 heteroatoms. The van der Waals surface area contributed by atoms with E-state index in [-0.39, 0.29) is 24.2 Å². The third kappa shape index (κ3) is 5.20. The van der Waals surface area contributed by atoms with Gasteiger partial charge in [-0.25, -0.2) is 4.79 Å². The van der Waals surface area contributed by atoms with Crippen LogP contribution in [0.15, 0.2) is 40.1 Å². The number of nitrogens with zero attached hydrogens (tertiary/aromatic N) is 2. The number of hydrogen-bond acceptors (Lipinski definition) is 9. The van der Waals surface area contributed by atoms with Crippen LogP contribution in [0, 0.1) is 6.92 Å². The predicted octanol–water partition coefficient (Wildman–Crippen LogP) is 0.798. The van der Waals surface area contributed by atoms with Gasteiger partial charge in [-0.15, -0.1) is 0 Å². The van der Waals surface area contributed by atoms with Crippen molar-refractivity contribution in [2.24, 2.45) is 0 Å². The van der Waals surface area contributed by atoms with Crippen LogP contribution >= 0.6 is 0 Å². The fourth-order valence-corrected chi connectivity index (χ4v) is 3.50. The van der Waals surface area contributed by atoms with Gasteiger partial charge in [0.1, 0.15) is 30.8 Å². The maximum Gasteiger partial charge on any atom is 0.340 e. The van der Waals surface area contributed by atoms with Crippen molar-refractivity contribution in [3.63, 3.8) is 0 Å². The number of carbonyl (C=O) groups excluding carboxylic acids is 3. The van der Waals surface area contributed by atoms with E-state index in [4.69, 9.17) is 18.9 Å². The number of esters is 2. The van der Waals surface area contributed by atoms with Gasteiger partial charge in [0.05, 0.1) is 7.11 Å². The summed E-state index contributed by atoms with van der Waals surface area (Å²) in [7, 11) is 1.47. The van der Waals surface area contributed by atoms with E-state index in [1.165, 1.54) is 58.3 Å². The molecule has 1 aromatic heterocycles. The zero-order valence-corrected chi connectivity index (χ0v) is 18.6. The fraction of sp³-hybridized carbons (Fsp3) is 0.409. The highest BCUT2D eigenvalue weighted by Gasteiger charge is 2.40. The summed E-state index contributed by atoms with van der Waals surface area (Å²) in [6.45, 7) is 3.72. The maximum absolute atomic E-state index is 13.2. The van der Waals surface area contributed by atoms with Gasteiger partial charge < -0.3 is 18.9 Å². The Morgan fingerprint density at radius 1 is 1.09 bits per heavy atom. The lowest BCUT2D eigenvalue weighted by atomic mass is 10.2. The molecule has 1 aliphatic heterocycles. The van der Waals surface area contributed by atoms with Crippen molar-refractivity contribution in [3.05, 3.63) is 62.4 Å². The monoisotopic (exact) mass is 460 g/mol. The van der Waals surface area contributed by atoms with Crippen LogP contribution in [-0.2, 0) is 23.8 Å². The summed E-state index contributed by atoms with van der Waals surface area (Å²) in [6, 6.07) is 5.96. The van der Waals surface area contributed by atoms with Gasteiger partial charge in [-0.3, -0.25) is 23.7 Å². The summed E-state index contributed by atoms with van der Waals surface area (Å²) < 4.78 is 22.7.